The molecule has 98 valence electrons. The van der Waals surface area contributed by atoms with Gasteiger partial charge in [0.1, 0.15) is 11.9 Å². The first-order valence-corrected chi connectivity index (χ1v) is 7.26. The average molecular weight is 245 g/mol. The second-order valence-corrected chi connectivity index (χ2v) is 5.89. The molecule has 2 atom stereocenters. The van der Waals surface area contributed by atoms with Gasteiger partial charge in [-0.3, -0.25) is 0 Å². The quantitative estimate of drug-likeness (QED) is 0.887. The standard InChI is InChI=1S/C16H23NO/c1-2-12-5-7-13(8-6-12)18-15-11-14(17)16(15)9-3-4-10-16/h5-8,14-15H,2-4,9-11,17H2,1H3. The van der Waals surface area contributed by atoms with Gasteiger partial charge in [-0.2, -0.15) is 0 Å². The van der Waals surface area contributed by atoms with Crippen LogP contribution in [0.1, 0.15) is 44.6 Å². The minimum atomic E-state index is 0.295. The molecular formula is C16H23NO. The predicted octanol–water partition coefficient (Wildman–Crippen LogP) is 3.29. The zero-order valence-electron chi connectivity index (χ0n) is 11.2. The van der Waals surface area contributed by atoms with Gasteiger partial charge in [-0.05, 0) is 37.0 Å². The molecule has 2 fully saturated rings. The lowest BCUT2D eigenvalue weighted by molar-refractivity contribution is -0.0620. The number of hydrogen-bond donors (Lipinski definition) is 1. The lowest BCUT2D eigenvalue weighted by Gasteiger charge is -2.52. The van der Waals surface area contributed by atoms with E-state index >= 15 is 0 Å². The topological polar surface area (TPSA) is 35.2 Å². The highest BCUT2D eigenvalue weighted by atomic mass is 16.5. The molecule has 0 aliphatic heterocycles. The fraction of sp³-hybridized carbons (Fsp3) is 0.625. The Morgan fingerprint density at radius 1 is 1.22 bits per heavy atom. The Morgan fingerprint density at radius 2 is 1.89 bits per heavy atom. The monoisotopic (exact) mass is 245 g/mol. The average Bonchev–Trinajstić information content (AvgIpc) is 2.92. The van der Waals surface area contributed by atoms with Crippen LogP contribution in [0.4, 0.5) is 0 Å². The van der Waals surface area contributed by atoms with Gasteiger partial charge in [0.15, 0.2) is 0 Å². The summed E-state index contributed by atoms with van der Waals surface area (Å²) < 4.78 is 6.18. The summed E-state index contributed by atoms with van der Waals surface area (Å²) in [7, 11) is 0. The molecule has 18 heavy (non-hydrogen) atoms. The molecule has 0 saturated heterocycles. The van der Waals surface area contributed by atoms with Crippen molar-refractivity contribution < 1.29 is 4.74 Å². The largest absolute Gasteiger partial charge is 0.490 e. The van der Waals surface area contributed by atoms with Crippen LogP contribution in [-0.2, 0) is 6.42 Å². The Balaban J connectivity index is 1.69. The summed E-state index contributed by atoms with van der Waals surface area (Å²) in [5.74, 6) is 1.01. The number of nitrogens with two attached hydrogens (primary N) is 1. The van der Waals surface area contributed by atoms with Crippen LogP contribution in [0.2, 0.25) is 0 Å². The van der Waals surface area contributed by atoms with Gasteiger partial charge in [0.05, 0.1) is 0 Å². The maximum absolute atomic E-state index is 6.23. The summed E-state index contributed by atoms with van der Waals surface area (Å²) in [5, 5.41) is 0. The van der Waals surface area contributed by atoms with Crippen molar-refractivity contribution in [2.24, 2.45) is 11.1 Å². The summed E-state index contributed by atoms with van der Waals surface area (Å²) in [4.78, 5) is 0. The van der Waals surface area contributed by atoms with E-state index in [-0.39, 0.29) is 0 Å². The molecule has 2 heteroatoms. The third kappa shape index (κ3) is 1.83. The highest BCUT2D eigenvalue weighted by molar-refractivity contribution is 5.28. The van der Waals surface area contributed by atoms with Crippen molar-refractivity contribution in [2.75, 3.05) is 0 Å². The van der Waals surface area contributed by atoms with Crippen LogP contribution >= 0.6 is 0 Å². The molecule has 0 heterocycles. The van der Waals surface area contributed by atoms with Crippen LogP contribution in [0.25, 0.3) is 0 Å². The summed E-state index contributed by atoms with van der Waals surface area (Å²) in [6.07, 6.45) is 7.61. The predicted molar refractivity (Wildman–Crippen MR) is 73.7 cm³/mol. The third-order valence-corrected chi connectivity index (χ3v) is 4.99. The first-order valence-electron chi connectivity index (χ1n) is 7.26. The Morgan fingerprint density at radius 3 is 2.44 bits per heavy atom. The molecule has 1 aromatic carbocycles. The second-order valence-electron chi connectivity index (χ2n) is 5.89. The van der Waals surface area contributed by atoms with E-state index in [1.54, 1.807) is 0 Å². The van der Waals surface area contributed by atoms with Crippen LogP contribution in [0, 0.1) is 5.41 Å². The molecule has 2 unspecified atom stereocenters. The summed E-state index contributed by atoms with van der Waals surface area (Å²) in [5.41, 5.74) is 7.89. The maximum atomic E-state index is 6.23. The van der Waals surface area contributed by atoms with Gasteiger partial charge in [-0.1, -0.05) is 31.9 Å². The van der Waals surface area contributed by atoms with Crippen LogP contribution in [0.3, 0.4) is 0 Å². The molecule has 2 saturated carbocycles. The molecular weight excluding hydrogens is 222 g/mol. The third-order valence-electron chi connectivity index (χ3n) is 4.99. The Hall–Kier alpha value is -1.02. The Labute approximate surface area is 110 Å². The van der Waals surface area contributed by atoms with Crippen molar-refractivity contribution >= 4 is 0 Å². The molecule has 3 rings (SSSR count). The van der Waals surface area contributed by atoms with E-state index in [4.69, 9.17) is 10.5 Å². The van der Waals surface area contributed by atoms with Gasteiger partial charge in [0.25, 0.3) is 0 Å². The molecule has 2 aliphatic rings. The van der Waals surface area contributed by atoms with Crippen molar-refractivity contribution in [3.63, 3.8) is 0 Å². The molecule has 1 spiro atoms. The molecule has 2 N–H and O–H groups in total. The van der Waals surface area contributed by atoms with E-state index in [0.29, 0.717) is 17.6 Å². The van der Waals surface area contributed by atoms with E-state index in [2.05, 4.69) is 31.2 Å². The van der Waals surface area contributed by atoms with Crippen molar-refractivity contribution in [2.45, 2.75) is 57.6 Å². The number of benzene rings is 1. The normalized spacial score (nSPS) is 29.2. The zero-order chi connectivity index (χ0) is 12.6. The minimum Gasteiger partial charge on any atom is -0.490 e. The molecule has 0 bridgehead atoms. The van der Waals surface area contributed by atoms with Crippen LogP contribution < -0.4 is 10.5 Å². The molecule has 2 aliphatic carbocycles. The molecule has 0 radical (unpaired) electrons. The molecule has 1 aromatic rings. The Kier molecular flexibility index (Phi) is 3.06. The van der Waals surface area contributed by atoms with Crippen molar-refractivity contribution in [3.05, 3.63) is 29.8 Å². The van der Waals surface area contributed by atoms with Crippen LogP contribution in [0.15, 0.2) is 24.3 Å². The molecule has 2 nitrogen and oxygen atoms in total. The van der Waals surface area contributed by atoms with Gasteiger partial charge >= 0.3 is 0 Å². The van der Waals surface area contributed by atoms with E-state index < -0.39 is 0 Å². The smallest absolute Gasteiger partial charge is 0.119 e. The fourth-order valence-electron chi connectivity index (χ4n) is 3.64. The summed E-state index contributed by atoms with van der Waals surface area (Å²) in [6.45, 7) is 2.17. The van der Waals surface area contributed by atoms with E-state index in [1.807, 2.05) is 0 Å². The Bertz CT molecular complexity index is 406. The maximum Gasteiger partial charge on any atom is 0.119 e. The first kappa shape index (κ1) is 12.0. The highest BCUT2D eigenvalue weighted by Crippen LogP contribution is 2.53. The van der Waals surface area contributed by atoms with Gasteiger partial charge in [0, 0.05) is 17.9 Å². The van der Waals surface area contributed by atoms with E-state index in [9.17, 15) is 0 Å². The summed E-state index contributed by atoms with van der Waals surface area (Å²) >= 11 is 0. The van der Waals surface area contributed by atoms with Crippen LogP contribution in [0.5, 0.6) is 5.75 Å². The number of rotatable bonds is 3. The lowest BCUT2D eigenvalue weighted by Crippen LogP contribution is -2.62. The van der Waals surface area contributed by atoms with Gasteiger partial charge in [-0.25, -0.2) is 0 Å². The van der Waals surface area contributed by atoms with Crippen molar-refractivity contribution in [1.82, 2.24) is 0 Å². The zero-order valence-corrected chi connectivity index (χ0v) is 11.2. The van der Waals surface area contributed by atoms with Crippen molar-refractivity contribution in [3.8, 4) is 5.75 Å². The van der Waals surface area contributed by atoms with Gasteiger partial charge in [0.2, 0.25) is 0 Å². The van der Waals surface area contributed by atoms with Crippen LogP contribution in [-0.4, -0.2) is 12.1 Å². The fourth-order valence-corrected chi connectivity index (χ4v) is 3.64. The molecule has 0 aromatic heterocycles. The van der Waals surface area contributed by atoms with E-state index in [0.717, 1.165) is 18.6 Å². The van der Waals surface area contributed by atoms with Crippen molar-refractivity contribution in [1.29, 1.82) is 0 Å². The second kappa shape index (κ2) is 4.58. The minimum absolute atomic E-state index is 0.295. The molecule has 0 amide bonds. The SMILES string of the molecule is CCc1ccc(OC2CC(N)C23CCCC3)cc1. The van der Waals surface area contributed by atoms with Gasteiger partial charge in [-0.15, -0.1) is 0 Å². The summed E-state index contributed by atoms with van der Waals surface area (Å²) in [6, 6.07) is 8.89. The van der Waals surface area contributed by atoms with E-state index in [1.165, 1.54) is 31.2 Å². The number of hydrogen-bond acceptors (Lipinski definition) is 2. The first-order chi connectivity index (χ1) is 8.74. The number of aryl methyl sites for hydroxylation is 1. The van der Waals surface area contributed by atoms with Gasteiger partial charge < -0.3 is 10.5 Å². The lowest BCUT2D eigenvalue weighted by atomic mass is 9.61. The highest BCUT2D eigenvalue weighted by Gasteiger charge is 2.55. The number of ether oxygens (including phenoxy) is 1.